The van der Waals surface area contributed by atoms with Crippen LogP contribution in [0.3, 0.4) is 0 Å². The predicted octanol–water partition coefficient (Wildman–Crippen LogP) is 3.78. The molecule has 2 saturated heterocycles. The SMILES string of the molecule is CC(O)[C@@H]1C(COC(=O)NCCN2CCOCC2)ON(Cc2cccc(-c3ccc(C(=O)N(C)C)cc3)c2)[C@@H]1C(=O)N[C@H]1C[C@H]2C[C@@H](C1C)C2(C)C. The quantitative estimate of drug-likeness (QED) is 0.300. The maximum atomic E-state index is 14.3. The Morgan fingerprint density at radius 2 is 1.79 bits per heavy atom. The number of morpholine rings is 1. The van der Waals surface area contributed by atoms with E-state index in [2.05, 4.69) is 36.3 Å². The zero-order valence-electron chi connectivity index (χ0n) is 31.5. The zero-order chi connectivity index (χ0) is 37.2. The molecule has 12 nitrogen and oxygen atoms in total. The van der Waals surface area contributed by atoms with E-state index in [1.165, 1.54) is 6.42 Å². The molecule has 3 aliphatic carbocycles. The molecule has 52 heavy (non-hydrogen) atoms. The van der Waals surface area contributed by atoms with Gasteiger partial charge in [-0.15, -0.1) is 0 Å². The normalized spacial score (nSPS) is 29.1. The van der Waals surface area contributed by atoms with Gasteiger partial charge in [0.1, 0.15) is 18.8 Å². The minimum Gasteiger partial charge on any atom is -0.447 e. The number of alkyl carbamates (subject to hydrolysis) is 1. The highest BCUT2D eigenvalue weighted by atomic mass is 16.7. The number of carbonyl (C=O) groups is 3. The number of hydrogen-bond donors (Lipinski definition) is 3. The number of fused-ring (bicyclic) bond motifs is 2. The molecule has 0 radical (unpaired) electrons. The van der Waals surface area contributed by atoms with Crippen molar-refractivity contribution in [2.75, 3.05) is 60.1 Å². The van der Waals surface area contributed by atoms with Crippen LogP contribution in [-0.4, -0.2) is 122 Å². The molecule has 3 saturated carbocycles. The molecule has 3 amide bonds. The van der Waals surface area contributed by atoms with E-state index in [0.29, 0.717) is 49.6 Å². The van der Waals surface area contributed by atoms with Crippen LogP contribution in [0, 0.1) is 29.1 Å². The van der Waals surface area contributed by atoms with Gasteiger partial charge in [-0.1, -0.05) is 51.1 Å². The summed E-state index contributed by atoms with van der Waals surface area (Å²) in [6, 6.07) is 14.7. The van der Waals surface area contributed by atoms with Crippen molar-refractivity contribution >= 4 is 17.9 Å². The predicted molar refractivity (Wildman–Crippen MR) is 197 cm³/mol. The number of nitrogens with one attached hydrogen (secondary N) is 2. The number of ether oxygens (including phenoxy) is 2. The first kappa shape index (κ1) is 38.2. The van der Waals surface area contributed by atoms with Crippen molar-refractivity contribution in [3.63, 3.8) is 0 Å². The Bertz CT molecular complexity index is 1560. The second-order valence-corrected chi connectivity index (χ2v) is 16.0. The summed E-state index contributed by atoms with van der Waals surface area (Å²) in [6.45, 7) is 12.9. The van der Waals surface area contributed by atoms with Crippen LogP contribution < -0.4 is 10.6 Å². The van der Waals surface area contributed by atoms with Crippen molar-refractivity contribution in [3.8, 4) is 11.1 Å². The molecule has 8 atom stereocenters. The molecule has 2 aromatic carbocycles. The van der Waals surface area contributed by atoms with E-state index < -0.39 is 30.3 Å². The highest BCUT2D eigenvalue weighted by Crippen LogP contribution is 2.61. The first-order valence-corrected chi connectivity index (χ1v) is 18.9. The van der Waals surface area contributed by atoms with Gasteiger partial charge in [-0.05, 0) is 77.8 Å². The fourth-order valence-corrected chi connectivity index (χ4v) is 8.91. The summed E-state index contributed by atoms with van der Waals surface area (Å²) in [5.41, 5.74) is 3.71. The van der Waals surface area contributed by atoms with Crippen LogP contribution in [0.15, 0.2) is 48.5 Å². The Kier molecular flexibility index (Phi) is 11.9. The van der Waals surface area contributed by atoms with Crippen LogP contribution in [0.5, 0.6) is 0 Å². The third-order valence-corrected chi connectivity index (χ3v) is 12.2. The van der Waals surface area contributed by atoms with E-state index in [-0.39, 0.29) is 36.4 Å². The second kappa shape index (κ2) is 16.2. The third-order valence-electron chi connectivity index (χ3n) is 12.2. The molecule has 7 rings (SSSR count). The number of aliphatic hydroxyl groups excluding tert-OH is 1. The molecule has 3 unspecified atom stereocenters. The van der Waals surface area contributed by atoms with Gasteiger partial charge in [-0.2, -0.15) is 5.06 Å². The van der Waals surface area contributed by atoms with E-state index in [9.17, 15) is 19.5 Å². The molecule has 2 heterocycles. The first-order chi connectivity index (χ1) is 24.8. The third kappa shape index (κ3) is 8.31. The highest BCUT2D eigenvalue weighted by molar-refractivity contribution is 5.94. The van der Waals surface area contributed by atoms with E-state index >= 15 is 0 Å². The molecule has 0 aromatic heterocycles. The summed E-state index contributed by atoms with van der Waals surface area (Å²) >= 11 is 0. The van der Waals surface area contributed by atoms with E-state index in [0.717, 1.165) is 36.2 Å². The molecule has 12 heteroatoms. The fraction of sp³-hybridized carbons (Fsp3) is 0.625. The maximum Gasteiger partial charge on any atom is 0.407 e. The van der Waals surface area contributed by atoms with Gasteiger partial charge < -0.3 is 30.1 Å². The number of aliphatic hydroxyl groups is 1. The smallest absolute Gasteiger partial charge is 0.407 e. The van der Waals surface area contributed by atoms with E-state index in [1.54, 1.807) is 31.0 Å². The van der Waals surface area contributed by atoms with Crippen LogP contribution in [0.2, 0.25) is 0 Å². The lowest BCUT2D eigenvalue weighted by Gasteiger charge is -2.62. The molecule has 5 aliphatic rings. The summed E-state index contributed by atoms with van der Waals surface area (Å²) in [5.74, 6) is 0.577. The lowest BCUT2D eigenvalue weighted by Crippen LogP contribution is -2.62. The van der Waals surface area contributed by atoms with Crippen LogP contribution in [0.1, 0.15) is 56.5 Å². The molecule has 5 fully saturated rings. The highest BCUT2D eigenvalue weighted by Gasteiger charge is 2.57. The summed E-state index contributed by atoms with van der Waals surface area (Å²) in [4.78, 5) is 49.8. The Morgan fingerprint density at radius 3 is 2.44 bits per heavy atom. The van der Waals surface area contributed by atoms with Gasteiger partial charge >= 0.3 is 6.09 Å². The van der Waals surface area contributed by atoms with Gasteiger partial charge in [0.15, 0.2) is 0 Å². The van der Waals surface area contributed by atoms with Crippen molar-refractivity contribution in [1.82, 2.24) is 25.5 Å². The van der Waals surface area contributed by atoms with E-state index in [4.69, 9.17) is 14.3 Å². The molecular weight excluding hydrogens is 662 g/mol. The fourth-order valence-electron chi connectivity index (χ4n) is 8.91. The van der Waals surface area contributed by atoms with Crippen LogP contribution in [-0.2, 0) is 25.7 Å². The van der Waals surface area contributed by atoms with Gasteiger partial charge in [-0.3, -0.25) is 19.3 Å². The topological polar surface area (TPSA) is 133 Å². The van der Waals surface area contributed by atoms with Gasteiger partial charge in [-0.25, -0.2) is 4.79 Å². The minimum atomic E-state index is -0.912. The second-order valence-electron chi connectivity index (χ2n) is 16.0. The van der Waals surface area contributed by atoms with Gasteiger partial charge in [0.2, 0.25) is 5.91 Å². The number of carbonyl (C=O) groups excluding carboxylic acids is 3. The van der Waals surface area contributed by atoms with Crippen molar-refractivity contribution in [2.24, 2.45) is 29.1 Å². The summed E-state index contributed by atoms with van der Waals surface area (Å²) in [7, 11) is 3.46. The van der Waals surface area contributed by atoms with Crippen LogP contribution >= 0.6 is 0 Å². The lowest BCUT2D eigenvalue weighted by molar-refractivity contribution is -0.183. The molecule has 2 bridgehead atoms. The summed E-state index contributed by atoms with van der Waals surface area (Å²) in [6.07, 6.45) is -0.0773. The average molecular weight is 720 g/mol. The van der Waals surface area contributed by atoms with Crippen molar-refractivity contribution < 1.29 is 33.8 Å². The zero-order valence-corrected chi connectivity index (χ0v) is 31.5. The van der Waals surface area contributed by atoms with E-state index in [1.807, 2.05) is 48.5 Å². The number of hydroxylamine groups is 2. The molecule has 0 spiro atoms. The molecule has 284 valence electrons. The molecular formula is C40H57N5O7. The Balaban J connectivity index is 1.17. The van der Waals surface area contributed by atoms with Gasteiger partial charge in [0, 0.05) is 57.8 Å². The molecule has 3 N–H and O–H groups in total. The maximum absolute atomic E-state index is 14.3. The number of amides is 3. The largest absolute Gasteiger partial charge is 0.447 e. The number of rotatable bonds is 12. The standard InChI is InChI=1S/C40H57N5O7/c1-25-32-21-31(40(32,3)4)22-33(25)42-37(47)36-35(26(2)46)34(24-51-39(49)41-14-15-44-16-18-50-19-17-44)52-45(36)23-27-8-7-9-30(20-27)28-10-12-29(13-11-28)38(48)43(5)6/h7-13,20,25-26,31-36,46H,14-19,21-24H2,1-6H3,(H,41,49)(H,42,47)/t25?,26?,31-,32+,33+,34?,35-,36+/m1/s1. The van der Waals surface area contributed by atoms with Crippen molar-refractivity contribution in [1.29, 1.82) is 0 Å². The lowest BCUT2D eigenvalue weighted by atomic mass is 9.45. The molecule has 2 aromatic rings. The van der Waals surface area contributed by atoms with Crippen molar-refractivity contribution in [3.05, 3.63) is 59.7 Å². The number of benzene rings is 2. The molecule has 2 aliphatic heterocycles. The average Bonchev–Trinajstić information content (AvgIpc) is 3.49. The Morgan fingerprint density at radius 1 is 1.06 bits per heavy atom. The Hall–Kier alpha value is -3.55. The monoisotopic (exact) mass is 719 g/mol. The summed E-state index contributed by atoms with van der Waals surface area (Å²) in [5, 5.41) is 19.0. The van der Waals surface area contributed by atoms with Crippen LogP contribution in [0.4, 0.5) is 4.79 Å². The number of nitrogens with zero attached hydrogens (tertiary/aromatic N) is 3. The van der Waals surface area contributed by atoms with Crippen molar-refractivity contribution in [2.45, 2.75) is 71.4 Å². The Labute approximate surface area is 308 Å². The van der Waals surface area contributed by atoms with Crippen LogP contribution in [0.25, 0.3) is 11.1 Å². The first-order valence-electron chi connectivity index (χ1n) is 18.9. The summed E-state index contributed by atoms with van der Waals surface area (Å²) < 4.78 is 11.0. The van der Waals surface area contributed by atoms with Gasteiger partial charge in [0.25, 0.3) is 5.91 Å². The van der Waals surface area contributed by atoms with Gasteiger partial charge in [0.05, 0.1) is 25.9 Å². The number of hydrogen-bond acceptors (Lipinski definition) is 9. The minimum absolute atomic E-state index is 0.0407.